The van der Waals surface area contributed by atoms with Crippen molar-refractivity contribution in [1.82, 2.24) is 5.32 Å². The fourth-order valence-corrected chi connectivity index (χ4v) is 4.25. The highest BCUT2D eigenvalue weighted by Crippen LogP contribution is 2.30. The van der Waals surface area contributed by atoms with Crippen LogP contribution in [0.3, 0.4) is 0 Å². The topological polar surface area (TPSA) is 87.7 Å². The number of amides is 1. The predicted molar refractivity (Wildman–Crippen MR) is 138 cm³/mol. The number of carbonyl (C=O) groups is 2. The van der Waals surface area contributed by atoms with E-state index in [9.17, 15) is 14.7 Å². The van der Waals surface area contributed by atoms with E-state index >= 15 is 0 Å². The largest absolute Gasteiger partial charge is 0.507 e. The summed E-state index contributed by atoms with van der Waals surface area (Å²) in [5.41, 5.74) is 2.80. The minimum absolute atomic E-state index is 0.111. The van der Waals surface area contributed by atoms with Crippen molar-refractivity contribution in [2.75, 3.05) is 11.9 Å². The third-order valence-corrected chi connectivity index (χ3v) is 5.97. The first-order valence-corrected chi connectivity index (χ1v) is 12.0. The van der Waals surface area contributed by atoms with Gasteiger partial charge in [-0.3, -0.25) is 4.79 Å². The Balaban J connectivity index is 1.68. The number of nitrogens with one attached hydrogen (secondary N) is 2. The lowest BCUT2D eigenvalue weighted by atomic mass is 9.95. The summed E-state index contributed by atoms with van der Waals surface area (Å²) in [7, 11) is 0. The Morgan fingerprint density at radius 1 is 0.943 bits per heavy atom. The number of carbonyl (C=O) groups excluding carboxylic acids is 2. The van der Waals surface area contributed by atoms with Gasteiger partial charge in [0.25, 0.3) is 5.91 Å². The van der Waals surface area contributed by atoms with E-state index in [2.05, 4.69) is 10.6 Å². The van der Waals surface area contributed by atoms with Crippen LogP contribution in [0.1, 0.15) is 72.4 Å². The fourth-order valence-electron chi connectivity index (χ4n) is 4.25. The molecule has 3 N–H and O–H groups in total. The number of aromatic hydroxyl groups is 1. The Bertz CT molecular complexity index is 1210. The number of benzene rings is 3. The minimum Gasteiger partial charge on any atom is -0.507 e. The number of piperidine rings is 1. The van der Waals surface area contributed by atoms with Crippen molar-refractivity contribution >= 4 is 17.6 Å². The first-order valence-electron chi connectivity index (χ1n) is 12.0. The van der Waals surface area contributed by atoms with Crippen LogP contribution < -0.4 is 10.6 Å². The summed E-state index contributed by atoms with van der Waals surface area (Å²) < 4.78 is 5.57. The molecule has 0 bridgehead atoms. The van der Waals surface area contributed by atoms with E-state index in [0.29, 0.717) is 5.69 Å². The summed E-state index contributed by atoms with van der Waals surface area (Å²) in [5, 5.41) is 16.8. The van der Waals surface area contributed by atoms with Gasteiger partial charge in [-0.05, 0) is 81.1 Å². The Morgan fingerprint density at radius 3 is 2.40 bits per heavy atom. The number of phenolic OH excluding ortho intramolecular Hbond substituents is 1. The standard InChI is InChI=1S/C29H32N2O4/c1-29(2,3)35-28(34)22-14-12-20(19-9-5-4-6-10-19)18-25(22)31-27(33)23-17-21(13-15-26(23)32)24-11-7-8-16-30-24/h4-6,9-10,12-15,17-18,24,30,32H,7-8,11,16H2,1-3H3,(H,31,33). The quantitative estimate of drug-likeness (QED) is 0.392. The average molecular weight is 473 g/mol. The highest BCUT2D eigenvalue weighted by molar-refractivity contribution is 6.10. The molecule has 0 radical (unpaired) electrons. The van der Waals surface area contributed by atoms with Crippen molar-refractivity contribution in [3.63, 3.8) is 0 Å². The summed E-state index contributed by atoms with van der Waals surface area (Å²) in [5.74, 6) is -1.13. The van der Waals surface area contributed by atoms with E-state index in [1.807, 2.05) is 42.5 Å². The van der Waals surface area contributed by atoms with Crippen LogP contribution in [0.4, 0.5) is 5.69 Å². The van der Waals surface area contributed by atoms with Crippen LogP contribution in [0, 0.1) is 0 Å². The fraction of sp³-hybridized carbons (Fsp3) is 0.310. The molecule has 0 aliphatic carbocycles. The molecule has 1 fully saturated rings. The van der Waals surface area contributed by atoms with Gasteiger partial charge in [-0.25, -0.2) is 4.79 Å². The summed E-state index contributed by atoms with van der Waals surface area (Å²) in [6.07, 6.45) is 3.23. The number of phenols is 1. The van der Waals surface area contributed by atoms with Gasteiger partial charge >= 0.3 is 5.97 Å². The molecule has 1 aliphatic heterocycles. The maximum absolute atomic E-state index is 13.3. The van der Waals surface area contributed by atoms with Crippen molar-refractivity contribution in [3.8, 4) is 16.9 Å². The second-order valence-electron chi connectivity index (χ2n) is 9.86. The number of ether oxygens (including phenoxy) is 1. The lowest BCUT2D eigenvalue weighted by Gasteiger charge is -2.24. The van der Waals surface area contributed by atoms with Crippen LogP contribution in [0.5, 0.6) is 5.75 Å². The maximum atomic E-state index is 13.3. The number of rotatable bonds is 5. The lowest BCUT2D eigenvalue weighted by Crippen LogP contribution is -2.27. The molecule has 3 aromatic carbocycles. The van der Waals surface area contributed by atoms with Gasteiger partial charge in [-0.1, -0.05) is 48.9 Å². The highest BCUT2D eigenvalue weighted by Gasteiger charge is 2.24. The molecule has 1 aliphatic rings. The van der Waals surface area contributed by atoms with Gasteiger partial charge in [0.2, 0.25) is 0 Å². The zero-order valence-electron chi connectivity index (χ0n) is 20.4. The van der Waals surface area contributed by atoms with Gasteiger partial charge in [-0.15, -0.1) is 0 Å². The van der Waals surface area contributed by atoms with Crippen LogP contribution in [-0.4, -0.2) is 29.1 Å². The molecule has 3 aromatic rings. The molecule has 1 heterocycles. The first-order chi connectivity index (χ1) is 16.7. The SMILES string of the molecule is CC(C)(C)OC(=O)c1ccc(-c2ccccc2)cc1NC(=O)c1cc(C2CCCCN2)ccc1O. The van der Waals surface area contributed by atoms with E-state index in [1.54, 1.807) is 45.0 Å². The van der Waals surface area contributed by atoms with Crippen molar-refractivity contribution in [3.05, 3.63) is 83.4 Å². The molecule has 0 saturated carbocycles. The molecule has 4 rings (SSSR count). The predicted octanol–water partition coefficient (Wildman–Crippen LogP) is 6.08. The molecular formula is C29H32N2O4. The molecule has 6 nitrogen and oxygen atoms in total. The Kier molecular flexibility index (Phi) is 7.22. The summed E-state index contributed by atoms with van der Waals surface area (Å²) in [6.45, 7) is 6.32. The van der Waals surface area contributed by atoms with Gasteiger partial charge in [0.05, 0.1) is 16.8 Å². The molecule has 6 heteroatoms. The maximum Gasteiger partial charge on any atom is 0.340 e. The van der Waals surface area contributed by atoms with E-state index in [-0.39, 0.29) is 22.9 Å². The minimum atomic E-state index is -0.684. The summed E-state index contributed by atoms with van der Waals surface area (Å²) in [6, 6.07) is 20.2. The van der Waals surface area contributed by atoms with Crippen LogP contribution in [0.25, 0.3) is 11.1 Å². The van der Waals surface area contributed by atoms with E-state index in [1.165, 1.54) is 0 Å². The highest BCUT2D eigenvalue weighted by atomic mass is 16.6. The summed E-state index contributed by atoms with van der Waals surface area (Å²) >= 11 is 0. The first kappa shape index (κ1) is 24.5. The second-order valence-corrected chi connectivity index (χ2v) is 9.86. The number of anilines is 1. The van der Waals surface area contributed by atoms with Crippen LogP contribution >= 0.6 is 0 Å². The Morgan fingerprint density at radius 2 is 1.71 bits per heavy atom. The third-order valence-electron chi connectivity index (χ3n) is 5.97. The van der Waals surface area contributed by atoms with Crippen molar-refractivity contribution < 1.29 is 19.4 Å². The molecule has 35 heavy (non-hydrogen) atoms. The molecule has 1 unspecified atom stereocenters. The molecule has 1 amide bonds. The van der Waals surface area contributed by atoms with E-state index in [4.69, 9.17) is 4.74 Å². The van der Waals surface area contributed by atoms with Crippen molar-refractivity contribution in [2.24, 2.45) is 0 Å². The lowest BCUT2D eigenvalue weighted by molar-refractivity contribution is 0.00708. The third kappa shape index (κ3) is 6.08. The van der Waals surface area contributed by atoms with Crippen molar-refractivity contribution in [2.45, 2.75) is 51.7 Å². The molecule has 182 valence electrons. The van der Waals surface area contributed by atoms with E-state index < -0.39 is 17.5 Å². The molecule has 1 saturated heterocycles. The van der Waals surface area contributed by atoms with E-state index in [0.717, 1.165) is 42.5 Å². The molecule has 0 spiro atoms. The Hall–Kier alpha value is -3.64. The smallest absolute Gasteiger partial charge is 0.340 e. The van der Waals surface area contributed by atoms with Gasteiger partial charge < -0.3 is 20.5 Å². The zero-order chi connectivity index (χ0) is 25.0. The molecule has 1 atom stereocenters. The number of hydrogen-bond donors (Lipinski definition) is 3. The van der Waals surface area contributed by atoms with Gasteiger partial charge in [0, 0.05) is 6.04 Å². The van der Waals surface area contributed by atoms with Gasteiger partial charge in [0.15, 0.2) is 0 Å². The monoisotopic (exact) mass is 472 g/mol. The van der Waals surface area contributed by atoms with Gasteiger partial charge in [-0.2, -0.15) is 0 Å². The van der Waals surface area contributed by atoms with Crippen molar-refractivity contribution in [1.29, 1.82) is 0 Å². The van der Waals surface area contributed by atoms with Crippen LogP contribution in [-0.2, 0) is 4.74 Å². The van der Waals surface area contributed by atoms with Gasteiger partial charge in [0.1, 0.15) is 11.4 Å². The van der Waals surface area contributed by atoms with Crippen LogP contribution in [0.2, 0.25) is 0 Å². The zero-order valence-corrected chi connectivity index (χ0v) is 20.4. The average Bonchev–Trinajstić information content (AvgIpc) is 2.84. The second kappa shape index (κ2) is 10.3. The molecule has 0 aromatic heterocycles. The number of hydrogen-bond acceptors (Lipinski definition) is 5. The molecular weight excluding hydrogens is 440 g/mol. The summed E-state index contributed by atoms with van der Waals surface area (Å²) in [4.78, 5) is 26.3. The van der Waals surface area contributed by atoms with Crippen LogP contribution in [0.15, 0.2) is 66.7 Å². The Labute approximate surface area is 206 Å². The number of esters is 1. The normalized spacial score (nSPS) is 15.9.